The fourth-order valence-corrected chi connectivity index (χ4v) is 3.97. The normalized spacial score (nSPS) is 21.9. The first-order valence-corrected chi connectivity index (χ1v) is 10.4. The average Bonchev–Trinajstić information content (AvgIpc) is 3.24. The number of nitrogens with zero attached hydrogens (tertiary/aromatic N) is 1. The van der Waals surface area contributed by atoms with Gasteiger partial charge in [0.1, 0.15) is 18.1 Å². The highest BCUT2D eigenvalue weighted by molar-refractivity contribution is 8.18. The molecule has 8 nitrogen and oxygen atoms in total. The molecule has 2 aliphatic heterocycles. The lowest BCUT2D eigenvalue weighted by atomic mass is 10.1. The lowest BCUT2D eigenvalue weighted by molar-refractivity contribution is -0.115. The molecule has 0 saturated carbocycles. The second-order valence-corrected chi connectivity index (χ2v) is 7.98. The molecular formula is C22H20N2O6S. The predicted molar refractivity (Wildman–Crippen MR) is 116 cm³/mol. The molecule has 2 heterocycles. The number of cyclic esters (lactones) is 1. The van der Waals surface area contributed by atoms with E-state index in [9.17, 15) is 14.4 Å². The van der Waals surface area contributed by atoms with Crippen molar-refractivity contribution >= 4 is 40.8 Å². The molecule has 0 bridgehead atoms. The molecule has 0 aliphatic carbocycles. The van der Waals surface area contributed by atoms with Crippen LogP contribution in [0.15, 0.2) is 53.4 Å². The Labute approximate surface area is 183 Å². The van der Waals surface area contributed by atoms with Crippen LogP contribution in [0.25, 0.3) is 6.08 Å². The monoisotopic (exact) mass is 440 g/mol. The first-order valence-electron chi connectivity index (χ1n) is 9.56. The summed E-state index contributed by atoms with van der Waals surface area (Å²) in [5.41, 5.74) is 1.50. The van der Waals surface area contributed by atoms with Gasteiger partial charge in [0.15, 0.2) is 6.10 Å². The number of hydrogen-bond donors (Lipinski definition) is 1. The number of amides is 3. The van der Waals surface area contributed by atoms with Gasteiger partial charge >= 0.3 is 6.09 Å². The minimum Gasteiger partial charge on any atom is -0.497 e. The molecule has 2 fully saturated rings. The number of imide groups is 1. The van der Waals surface area contributed by atoms with Crippen LogP contribution in [-0.4, -0.2) is 43.1 Å². The van der Waals surface area contributed by atoms with Gasteiger partial charge < -0.3 is 14.2 Å². The van der Waals surface area contributed by atoms with Gasteiger partial charge in [-0.1, -0.05) is 12.1 Å². The van der Waals surface area contributed by atoms with Crippen LogP contribution in [-0.2, 0) is 9.53 Å². The molecule has 3 amide bonds. The number of benzene rings is 2. The fourth-order valence-electron chi connectivity index (χ4n) is 3.28. The topological polar surface area (TPSA) is 94.2 Å². The number of rotatable bonds is 6. The number of anilines is 1. The van der Waals surface area contributed by atoms with Gasteiger partial charge in [-0.15, -0.1) is 0 Å². The summed E-state index contributed by atoms with van der Waals surface area (Å²) in [5, 5.41) is 1.84. The number of carbonyl (C=O) groups excluding carboxylic acids is 3. The summed E-state index contributed by atoms with van der Waals surface area (Å²) < 4.78 is 16.5. The van der Waals surface area contributed by atoms with Crippen LogP contribution in [0.2, 0.25) is 0 Å². The van der Waals surface area contributed by atoms with Gasteiger partial charge in [0.25, 0.3) is 11.1 Å². The zero-order valence-electron chi connectivity index (χ0n) is 16.9. The maximum Gasteiger partial charge on any atom is 0.415 e. The Morgan fingerprint density at radius 1 is 1.06 bits per heavy atom. The van der Waals surface area contributed by atoms with E-state index < -0.39 is 18.1 Å². The van der Waals surface area contributed by atoms with E-state index >= 15 is 0 Å². The van der Waals surface area contributed by atoms with E-state index in [-0.39, 0.29) is 17.9 Å². The van der Waals surface area contributed by atoms with Gasteiger partial charge in [0.05, 0.1) is 18.1 Å². The maximum absolute atomic E-state index is 12.4. The molecule has 0 spiro atoms. The van der Waals surface area contributed by atoms with Gasteiger partial charge in [-0.05, 0) is 66.7 Å². The van der Waals surface area contributed by atoms with Crippen LogP contribution < -0.4 is 19.7 Å². The zero-order valence-corrected chi connectivity index (χ0v) is 17.7. The smallest absolute Gasteiger partial charge is 0.415 e. The van der Waals surface area contributed by atoms with Crippen molar-refractivity contribution in [1.82, 2.24) is 5.32 Å². The summed E-state index contributed by atoms with van der Waals surface area (Å²) in [6, 6.07) is 14.1. The molecule has 160 valence electrons. The highest BCUT2D eigenvalue weighted by Gasteiger charge is 2.40. The van der Waals surface area contributed by atoms with Crippen molar-refractivity contribution in [3.8, 4) is 11.5 Å². The van der Waals surface area contributed by atoms with E-state index in [2.05, 4.69) is 5.32 Å². The summed E-state index contributed by atoms with van der Waals surface area (Å²) in [5.74, 6) is 0.920. The molecule has 0 unspecified atom stereocenters. The largest absolute Gasteiger partial charge is 0.497 e. The number of ether oxygens (including phenoxy) is 3. The summed E-state index contributed by atoms with van der Waals surface area (Å²) in [6.45, 7) is 2.11. The zero-order chi connectivity index (χ0) is 22.0. The molecule has 31 heavy (non-hydrogen) atoms. The highest BCUT2D eigenvalue weighted by Crippen LogP contribution is 2.29. The van der Waals surface area contributed by atoms with Crippen LogP contribution >= 0.6 is 11.8 Å². The number of hydrogen-bond acceptors (Lipinski definition) is 7. The molecule has 2 atom stereocenters. The number of carbonyl (C=O) groups is 3. The van der Waals surface area contributed by atoms with Crippen LogP contribution in [0.3, 0.4) is 0 Å². The van der Waals surface area contributed by atoms with E-state index in [0.717, 1.165) is 23.0 Å². The summed E-state index contributed by atoms with van der Waals surface area (Å²) in [7, 11) is 1.59. The van der Waals surface area contributed by atoms with Crippen molar-refractivity contribution in [1.29, 1.82) is 0 Å². The second-order valence-electron chi connectivity index (χ2n) is 6.96. The van der Waals surface area contributed by atoms with Crippen molar-refractivity contribution in [2.24, 2.45) is 0 Å². The van der Waals surface area contributed by atoms with Crippen molar-refractivity contribution in [3.63, 3.8) is 0 Å². The summed E-state index contributed by atoms with van der Waals surface area (Å²) in [4.78, 5) is 37.2. The summed E-state index contributed by atoms with van der Waals surface area (Å²) in [6.07, 6.45) is 0.790. The van der Waals surface area contributed by atoms with E-state index in [1.54, 1.807) is 54.5 Å². The molecule has 0 aromatic heterocycles. The molecule has 2 aliphatic rings. The molecule has 9 heteroatoms. The molecule has 4 rings (SSSR count). The van der Waals surface area contributed by atoms with Gasteiger partial charge in [-0.25, -0.2) is 4.79 Å². The number of methoxy groups -OCH3 is 1. The Morgan fingerprint density at radius 2 is 1.74 bits per heavy atom. The first kappa shape index (κ1) is 20.8. The Kier molecular flexibility index (Phi) is 5.85. The van der Waals surface area contributed by atoms with Gasteiger partial charge in [-0.2, -0.15) is 0 Å². The molecule has 0 radical (unpaired) electrons. The van der Waals surface area contributed by atoms with E-state index in [1.807, 2.05) is 19.1 Å². The van der Waals surface area contributed by atoms with Crippen LogP contribution in [0.1, 0.15) is 12.5 Å². The molecular weight excluding hydrogens is 420 g/mol. The Morgan fingerprint density at radius 3 is 2.35 bits per heavy atom. The van der Waals surface area contributed by atoms with E-state index in [0.29, 0.717) is 16.4 Å². The highest BCUT2D eigenvalue weighted by atomic mass is 32.2. The molecule has 2 aromatic rings. The first-order chi connectivity index (χ1) is 14.9. The van der Waals surface area contributed by atoms with Gasteiger partial charge in [0, 0.05) is 5.69 Å². The quantitative estimate of drug-likeness (QED) is 0.683. The van der Waals surface area contributed by atoms with Crippen molar-refractivity contribution in [3.05, 3.63) is 59.0 Å². The SMILES string of the molecule is COc1ccc(N2C(=O)O[C@H](COc3ccc(C=C4SC(=O)NC4=O)cc3)[C@@H]2C)cc1. The minimum absolute atomic E-state index is 0.201. The van der Waals surface area contributed by atoms with Crippen molar-refractivity contribution < 1.29 is 28.6 Å². The minimum atomic E-state index is -0.430. The lowest BCUT2D eigenvalue weighted by Gasteiger charge is -2.21. The standard InChI is InChI=1S/C22H20N2O6S/c1-13-18(30-22(27)24(13)15-5-9-16(28-2)10-6-15)12-29-17-7-3-14(4-8-17)11-19-20(25)23-21(26)31-19/h3-11,13,18H,12H2,1-2H3,(H,23,25,26)/t13-,18+/m0/s1. The third-order valence-corrected chi connectivity index (χ3v) is 5.79. The maximum atomic E-state index is 12.4. The third-order valence-electron chi connectivity index (χ3n) is 4.98. The molecule has 2 saturated heterocycles. The fraction of sp³-hybridized carbons (Fsp3) is 0.227. The van der Waals surface area contributed by atoms with Crippen LogP contribution in [0.4, 0.5) is 15.3 Å². The lowest BCUT2D eigenvalue weighted by Crippen LogP contribution is -2.36. The van der Waals surface area contributed by atoms with Crippen LogP contribution in [0.5, 0.6) is 11.5 Å². The second kappa shape index (κ2) is 8.73. The Hall–Kier alpha value is -3.46. The van der Waals surface area contributed by atoms with Crippen LogP contribution in [0, 0.1) is 0 Å². The van der Waals surface area contributed by atoms with Crippen molar-refractivity contribution in [2.75, 3.05) is 18.6 Å². The van der Waals surface area contributed by atoms with Crippen molar-refractivity contribution in [2.45, 2.75) is 19.1 Å². The van der Waals surface area contributed by atoms with Gasteiger partial charge in [-0.3, -0.25) is 19.8 Å². The predicted octanol–water partition coefficient (Wildman–Crippen LogP) is 3.81. The molecule has 1 N–H and O–H groups in total. The van der Waals surface area contributed by atoms with E-state index in [4.69, 9.17) is 14.2 Å². The third kappa shape index (κ3) is 4.51. The summed E-state index contributed by atoms with van der Waals surface area (Å²) >= 11 is 0.871. The van der Waals surface area contributed by atoms with Gasteiger partial charge in [0.2, 0.25) is 0 Å². The Balaban J connectivity index is 1.37. The number of nitrogens with one attached hydrogen (secondary N) is 1. The Bertz CT molecular complexity index is 1030. The number of thioether (sulfide) groups is 1. The average molecular weight is 440 g/mol. The molecule has 2 aromatic carbocycles. The van der Waals surface area contributed by atoms with E-state index in [1.165, 1.54) is 0 Å².